The highest BCUT2D eigenvalue weighted by Gasteiger charge is 2.19. The van der Waals surface area contributed by atoms with E-state index < -0.39 is 10.0 Å². The van der Waals surface area contributed by atoms with Crippen molar-refractivity contribution in [1.29, 1.82) is 0 Å². The summed E-state index contributed by atoms with van der Waals surface area (Å²) in [6, 6.07) is 3.11. The number of furan rings is 1. The van der Waals surface area contributed by atoms with Crippen molar-refractivity contribution in [2.75, 3.05) is 11.3 Å². The van der Waals surface area contributed by atoms with Crippen LogP contribution < -0.4 is 10.0 Å². The lowest BCUT2D eigenvalue weighted by Crippen LogP contribution is -2.13. The monoisotopic (exact) mass is 312 g/mol. The van der Waals surface area contributed by atoms with Crippen molar-refractivity contribution in [2.45, 2.75) is 38.5 Å². The van der Waals surface area contributed by atoms with Gasteiger partial charge in [0.15, 0.2) is 0 Å². The third kappa shape index (κ3) is 4.08. The maximum Gasteiger partial charge on any atom is 0.295 e. The number of hydrogen-bond acceptors (Lipinski definition) is 5. The fourth-order valence-electron chi connectivity index (χ4n) is 1.78. The van der Waals surface area contributed by atoms with Gasteiger partial charge in [-0.3, -0.25) is 9.40 Å². The van der Waals surface area contributed by atoms with Gasteiger partial charge in [-0.15, -0.1) is 0 Å². The Kier molecular flexibility index (Phi) is 5.03. The lowest BCUT2D eigenvalue weighted by molar-refractivity contribution is 0.403. The summed E-state index contributed by atoms with van der Waals surface area (Å²) in [5.41, 5.74) is 0.416. The van der Waals surface area contributed by atoms with Crippen molar-refractivity contribution in [3.05, 3.63) is 30.3 Å². The second kappa shape index (κ2) is 6.77. The van der Waals surface area contributed by atoms with Crippen LogP contribution >= 0.6 is 0 Å². The minimum atomic E-state index is -3.72. The van der Waals surface area contributed by atoms with Crippen LogP contribution in [0.4, 0.5) is 5.69 Å². The van der Waals surface area contributed by atoms with E-state index in [1.54, 1.807) is 16.9 Å². The van der Waals surface area contributed by atoms with Gasteiger partial charge in [-0.1, -0.05) is 6.92 Å². The Hall–Kier alpha value is -1.80. The second-order valence-electron chi connectivity index (χ2n) is 4.59. The van der Waals surface area contributed by atoms with Crippen LogP contribution in [-0.4, -0.2) is 24.7 Å². The third-order valence-corrected chi connectivity index (χ3v) is 4.09. The summed E-state index contributed by atoms with van der Waals surface area (Å²) in [6.07, 6.45) is 4.10. The predicted octanol–water partition coefficient (Wildman–Crippen LogP) is 1.80. The van der Waals surface area contributed by atoms with Crippen LogP contribution in [0, 0.1) is 0 Å². The molecule has 7 nitrogen and oxygen atoms in total. The summed E-state index contributed by atoms with van der Waals surface area (Å²) < 4.78 is 33.8. The molecule has 116 valence electrons. The molecule has 2 rings (SSSR count). The molecular weight excluding hydrogens is 292 g/mol. The van der Waals surface area contributed by atoms with Gasteiger partial charge in [0.1, 0.15) is 5.76 Å². The van der Waals surface area contributed by atoms with Crippen molar-refractivity contribution in [3.63, 3.8) is 0 Å². The minimum Gasteiger partial charge on any atom is -0.446 e. The van der Waals surface area contributed by atoms with E-state index in [1.807, 2.05) is 6.92 Å². The molecule has 0 aromatic carbocycles. The van der Waals surface area contributed by atoms with Gasteiger partial charge in [-0.25, -0.2) is 0 Å². The van der Waals surface area contributed by atoms with Crippen LogP contribution in [-0.2, 0) is 23.1 Å². The number of rotatable bonds is 8. The van der Waals surface area contributed by atoms with Crippen LogP contribution in [0.5, 0.6) is 0 Å². The molecule has 8 heteroatoms. The molecule has 0 aliphatic carbocycles. The molecular formula is C13H20N4O3S. The summed E-state index contributed by atoms with van der Waals surface area (Å²) in [7, 11) is -3.72. The van der Waals surface area contributed by atoms with Crippen molar-refractivity contribution in [3.8, 4) is 0 Å². The first-order valence-corrected chi connectivity index (χ1v) is 8.38. The fraction of sp³-hybridized carbons (Fsp3) is 0.462. The molecule has 0 aliphatic rings. The Morgan fingerprint density at radius 3 is 2.81 bits per heavy atom. The molecule has 0 atom stereocenters. The van der Waals surface area contributed by atoms with Crippen LogP contribution in [0.25, 0.3) is 0 Å². The number of nitrogens with one attached hydrogen (secondary N) is 2. The molecule has 0 aliphatic heterocycles. The van der Waals surface area contributed by atoms with E-state index in [4.69, 9.17) is 4.42 Å². The SMILES string of the molecule is CCCNCc1ccc(S(=O)(=O)Nc2cnn(CC)c2)o1. The zero-order valence-electron chi connectivity index (χ0n) is 12.2. The van der Waals surface area contributed by atoms with E-state index in [0.29, 0.717) is 24.5 Å². The van der Waals surface area contributed by atoms with Crippen LogP contribution in [0.1, 0.15) is 26.0 Å². The summed E-state index contributed by atoms with van der Waals surface area (Å²) in [5, 5.41) is 7.07. The molecule has 21 heavy (non-hydrogen) atoms. The zero-order chi connectivity index (χ0) is 15.3. The third-order valence-electron chi connectivity index (χ3n) is 2.84. The lowest BCUT2D eigenvalue weighted by atomic mass is 10.4. The van der Waals surface area contributed by atoms with E-state index in [-0.39, 0.29) is 5.09 Å². The highest BCUT2D eigenvalue weighted by Crippen LogP contribution is 2.18. The first-order chi connectivity index (χ1) is 10.0. The summed E-state index contributed by atoms with van der Waals surface area (Å²) >= 11 is 0. The minimum absolute atomic E-state index is 0.0972. The number of aryl methyl sites for hydroxylation is 1. The van der Waals surface area contributed by atoms with E-state index in [0.717, 1.165) is 13.0 Å². The molecule has 2 aromatic rings. The Morgan fingerprint density at radius 1 is 1.33 bits per heavy atom. The first kappa shape index (κ1) is 15.6. The highest BCUT2D eigenvalue weighted by molar-refractivity contribution is 7.92. The predicted molar refractivity (Wildman–Crippen MR) is 79.4 cm³/mol. The molecule has 0 unspecified atom stereocenters. The molecule has 2 heterocycles. The van der Waals surface area contributed by atoms with Gasteiger partial charge in [0.2, 0.25) is 5.09 Å². The van der Waals surface area contributed by atoms with E-state index in [1.165, 1.54) is 12.3 Å². The molecule has 0 radical (unpaired) electrons. The van der Waals surface area contributed by atoms with Crippen molar-refractivity contribution < 1.29 is 12.8 Å². The lowest BCUT2D eigenvalue weighted by Gasteiger charge is -2.03. The Labute approximate surface area is 124 Å². The molecule has 0 saturated carbocycles. The standard InChI is InChI=1S/C13H20N4O3S/c1-3-7-14-9-12-5-6-13(20-12)21(18,19)16-11-8-15-17(4-2)10-11/h5-6,8,10,14,16H,3-4,7,9H2,1-2H3. The summed E-state index contributed by atoms with van der Waals surface area (Å²) in [6.45, 7) is 6.03. The van der Waals surface area contributed by atoms with Gasteiger partial charge in [-0.05, 0) is 32.0 Å². The average molecular weight is 312 g/mol. The van der Waals surface area contributed by atoms with Gasteiger partial charge in [-0.2, -0.15) is 13.5 Å². The summed E-state index contributed by atoms with van der Waals surface area (Å²) in [4.78, 5) is 0. The smallest absolute Gasteiger partial charge is 0.295 e. The highest BCUT2D eigenvalue weighted by atomic mass is 32.2. The van der Waals surface area contributed by atoms with Crippen molar-refractivity contribution in [2.24, 2.45) is 0 Å². The van der Waals surface area contributed by atoms with Gasteiger partial charge in [0.05, 0.1) is 18.4 Å². The maximum atomic E-state index is 12.2. The Bertz CT molecular complexity index is 675. The number of aromatic nitrogens is 2. The van der Waals surface area contributed by atoms with Crippen molar-refractivity contribution >= 4 is 15.7 Å². The van der Waals surface area contributed by atoms with Crippen LogP contribution in [0.3, 0.4) is 0 Å². The van der Waals surface area contributed by atoms with Gasteiger partial charge >= 0.3 is 0 Å². The van der Waals surface area contributed by atoms with Gasteiger partial charge < -0.3 is 9.73 Å². The molecule has 2 N–H and O–H groups in total. The number of nitrogens with zero attached hydrogens (tertiary/aromatic N) is 2. The number of hydrogen-bond donors (Lipinski definition) is 2. The molecule has 0 amide bonds. The van der Waals surface area contributed by atoms with Crippen LogP contribution in [0.15, 0.2) is 34.0 Å². The molecule has 0 fully saturated rings. The topological polar surface area (TPSA) is 89.2 Å². The number of anilines is 1. The van der Waals surface area contributed by atoms with E-state index in [2.05, 4.69) is 22.1 Å². The van der Waals surface area contributed by atoms with Crippen LogP contribution in [0.2, 0.25) is 0 Å². The molecule has 0 saturated heterocycles. The first-order valence-electron chi connectivity index (χ1n) is 6.90. The molecule has 2 aromatic heterocycles. The van der Waals surface area contributed by atoms with Crippen molar-refractivity contribution in [1.82, 2.24) is 15.1 Å². The quantitative estimate of drug-likeness (QED) is 0.726. The largest absolute Gasteiger partial charge is 0.446 e. The zero-order valence-corrected chi connectivity index (χ0v) is 13.0. The molecule has 0 spiro atoms. The second-order valence-corrected chi connectivity index (χ2v) is 6.20. The Morgan fingerprint density at radius 2 is 2.14 bits per heavy atom. The Balaban J connectivity index is 2.05. The van der Waals surface area contributed by atoms with Gasteiger partial charge in [0.25, 0.3) is 10.0 Å². The fourth-order valence-corrected chi connectivity index (χ4v) is 2.76. The average Bonchev–Trinajstić information content (AvgIpc) is 3.08. The van der Waals surface area contributed by atoms with Gasteiger partial charge in [0, 0.05) is 12.7 Å². The normalized spacial score (nSPS) is 11.7. The van der Waals surface area contributed by atoms with E-state index >= 15 is 0 Å². The summed E-state index contributed by atoms with van der Waals surface area (Å²) in [5.74, 6) is 0.591. The maximum absolute atomic E-state index is 12.2. The van der Waals surface area contributed by atoms with E-state index in [9.17, 15) is 8.42 Å². The molecule has 0 bridgehead atoms. The number of sulfonamides is 1.